The smallest absolute Gasteiger partial charge is 0.191 e. The lowest BCUT2D eigenvalue weighted by atomic mass is 10.1. The van der Waals surface area contributed by atoms with E-state index in [-0.39, 0.29) is 24.0 Å². The van der Waals surface area contributed by atoms with Crippen LogP contribution in [0.3, 0.4) is 0 Å². The van der Waals surface area contributed by atoms with E-state index >= 15 is 0 Å². The van der Waals surface area contributed by atoms with E-state index < -0.39 is 0 Å². The number of halogens is 1. The van der Waals surface area contributed by atoms with Crippen LogP contribution in [0.4, 0.5) is 0 Å². The molecular weight excluding hydrogens is 433 g/mol. The number of guanidine groups is 1. The van der Waals surface area contributed by atoms with E-state index in [1.807, 2.05) is 6.07 Å². The quantitative estimate of drug-likeness (QED) is 0.349. The Morgan fingerprint density at radius 2 is 2.28 bits per heavy atom. The van der Waals surface area contributed by atoms with Gasteiger partial charge in [-0.3, -0.25) is 9.89 Å². The summed E-state index contributed by atoms with van der Waals surface area (Å²) in [7, 11) is 3.54. The van der Waals surface area contributed by atoms with E-state index in [1.54, 1.807) is 14.2 Å². The lowest BCUT2D eigenvalue weighted by Gasteiger charge is -2.25. The van der Waals surface area contributed by atoms with E-state index in [4.69, 9.17) is 9.26 Å². The summed E-state index contributed by atoms with van der Waals surface area (Å²) < 4.78 is 10.5. The van der Waals surface area contributed by atoms with E-state index in [9.17, 15) is 0 Å². The van der Waals surface area contributed by atoms with Gasteiger partial charge in [0.1, 0.15) is 0 Å². The van der Waals surface area contributed by atoms with Crippen molar-refractivity contribution in [2.75, 3.05) is 40.4 Å². The van der Waals surface area contributed by atoms with Crippen molar-refractivity contribution < 1.29 is 9.26 Å². The zero-order chi connectivity index (χ0) is 17.4. The molecule has 1 atom stereocenters. The molecule has 0 radical (unpaired) electrons. The highest BCUT2D eigenvalue weighted by molar-refractivity contribution is 14.0. The molecule has 1 aliphatic heterocycles. The Balaban J connectivity index is 0.00000312. The number of nitrogens with zero attached hydrogens (tertiary/aromatic N) is 3. The maximum atomic E-state index is 5.34. The first kappa shape index (κ1) is 22.2. The van der Waals surface area contributed by atoms with Crippen molar-refractivity contribution in [3.8, 4) is 0 Å². The Bertz CT molecular complexity index is 521. The highest BCUT2D eigenvalue weighted by Crippen LogP contribution is 2.16. The van der Waals surface area contributed by atoms with Gasteiger partial charge < -0.3 is 19.9 Å². The van der Waals surface area contributed by atoms with Crippen LogP contribution in [0.25, 0.3) is 0 Å². The second-order valence-corrected chi connectivity index (χ2v) is 6.50. The van der Waals surface area contributed by atoms with Crippen LogP contribution in [-0.2, 0) is 11.3 Å². The van der Waals surface area contributed by atoms with Crippen LogP contribution >= 0.6 is 24.0 Å². The minimum absolute atomic E-state index is 0. The summed E-state index contributed by atoms with van der Waals surface area (Å²) in [6.45, 7) is 8.60. The van der Waals surface area contributed by atoms with Crippen molar-refractivity contribution in [3.05, 3.63) is 17.5 Å². The fraction of sp³-hybridized carbons (Fsp3) is 0.765. The number of aliphatic imine (C=N–C) groups is 1. The van der Waals surface area contributed by atoms with Gasteiger partial charge in [0.05, 0.1) is 18.8 Å². The lowest BCUT2D eigenvalue weighted by Crippen LogP contribution is -2.45. The molecule has 2 heterocycles. The molecule has 1 aromatic heterocycles. The molecule has 7 nitrogen and oxygen atoms in total. The second-order valence-electron chi connectivity index (χ2n) is 6.50. The first-order valence-electron chi connectivity index (χ1n) is 8.77. The summed E-state index contributed by atoms with van der Waals surface area (Å²) >= 11 is 0. The number of rotatable bonds is 8. The summed E-state index contributed by atoms with van der Waals surface area (Å²) in [6.07, 6.45) is 2.46. The fourth-order valence-corrected chi connectivity index (χ4v) is 2.92. The molecule has 1 fully saturated rings. The van der Waals surface area contributed by atoms with Crippen molar-refractivity contribution in [1.82, 2.24) is 20.7 Å². The number of aromatic nitrogens is 1. The van der Waals surface area contributed by atoms with Gasteiger partial charge in [0.15, 0.2) is 11.7 Å². The monoisotopic (exact) mass is 465 g/mol. The van der Waals surface area contributed by atoms with E-state index in [0.29, 0.717) is 18.5 Å². The zero-order valence-electron chi connectivity index (χ0n) is 15.7. The van der Waals surface area contributed by atoms with Crippen molar-refractivity contribution in [2.24, 2.45) is 4.99 Å². The van der Waals surface area contributed by atoms with Gasteiger partial charge in [0, 0.05) is 39.4 Å². The molecule has 2 N–H and O–H groups in total. The SMILES string of the molecule is CN=C(NCc1cc(C(C)C)no1)NCC1CCCN1CCOC.I. The van der Waals surface area contributed by atoms with Crippen LogP contribution in [0.2, 0.25) is 0 Å². The molecule has 0 spiro atoms. The number of hydrogen-bond donors (Lipinski definition) is 2. The van der Waals surface area contributed by atoms with Gasteiger partial charge >= 0.3 is 0 Å². The molecule has 1 saturated heterocycles. The van der Waals surface area contributed by atoms with Gasteiger partial charge in [-0.2, -0.15) is 0 Å². The highest BCUT2D eigenvalue weighted by atomic mass is 127. The molecule has 25 heavy (non-hydrogen) atoms. The molecule has 0 aromatic carbocycles. The molecule has 2 rings (SSSR count). The third kappa shape index (κ3) is 7.10. The predicted octanol–water partition coefficient (Wildman–Crippen LogP) is 2.19. The van der Waals surface area contributed by atoms with Gasteiger partial charge in [-0.05, 0) is 25.3 Å². The van der Waals surface area contributed by atoms with Gasteiger partial charge in [-0.15, -0.1) is 24.0 Å². The Morgan fingerprint density at radius 1 is 1.48 bits per heavy atom. The van der Waals surface area contributed by atoms with Gasteiger partial charge in [-0.1, -0.05) is 19.0 Å². The Labute approximate surface area is 168 Å². The summed E-state index contributed by atoms with van der Waals surface area (Å²) in [4.78, 5) is 6.76. The molecule has 1 aromatic rings. The van der Waals surface area contributed by atoms with Gasteiger partial charge in [-0.25, -0.2) is 0 Å². The van der Waals surface area contributed by atoms with E-state index in [1.165, 1.54) is 12.8 Å². The first-order chi connectivity index (χ1) is 11.6. The second kappa shape index (κ2) is 11.7. The average molecular weight is 465 g/mol. The summed E-state index contributed by atoms with van der Waals surface area (Å²) in [5, 5.41) is 10.8. The summed E-state index contributed by atoms with van der Waals surface area (Å²) in [6, 6.07) is 2.53. The topological polar surface area (TPSA) is 74.9 Å². The average Bonchev–Trinajstić information content (AvgIpc) is 3.22. The van der Waals surface area contributed by atoms with Crippen molar-refractivity contribution >= 4 is 29.9 Å². The van der Waals surface area contributed by atoms with Crippen LogP contribution in [0.1, 0.15) is 44.1 Å². The number of hydrogen-bond acceptors (Lipinski definition) is 5. The Kier molecular flexibility index (Phi) is 10.4. The minimum Gasteiger partial charge on any atom is -0.383 e. The number of nitrogens with one attached hydrogen (secondary N) is 2. The van der Waals surface area contributed by atoms with Gasteiger partial charge in [0.2, 0.25) is 0 Å². The first-order valence-corrected chi connectivity index (χ1v) is 8.77. The standard InChI is InChI=1S/C17H31N5O2.HI/c1-13(2)16-10-15(24-21-16)12-20-17(18-3)19-11-14-6-5-7-22(14)8-9-23-4;/h10,13-14H,5-9,11-12H2,1-4H3,(H2,18,19,20);1H. The number of likely N-dealkylation sites (tertiary alicyclic amines) is 1. The molecule has 1 aliphatic rings. The molecular formula is C17H32IN5O2. The largest absolute Gasteiger partial charge is 0.383 e. The molecule has 1 unspecified atom stereocenters. The third-order valence-electron chi connectivity index (χ3n) is 4.41. The molecule has 0 bridgehead atoms. The van der Waals surface area contributed by atoms with Crippen LogP contribution in [0.5, 0.6) is 0 Å². The van der Waals surface area contributed by atoms with Crippen molar-refractivity contribution in [3.63, 3.8) is 0 Å². The van der Waals surface area contributed by atoms with Crippen molar-refractivity contribution in [2.45, 2.75) is 45.2 Å². The maximum Gasteiger partial charge on any atom is 0.191 e. The molecule has 0 amide bonds. The predicted molar refractivity (Wildman–Crippen MR) is 111 cm³/mol. The van der Waals surface area contributed by atoms with E-state index in [2.05, 4.69) is 39.5 Å². The molecule has 0 saturated carbocycles. The highest BCUT2D eigenvalue weighted by Gasteiger charge is 2.23. The van der Waals surface area contributed by atoms with Crippen molar-refractivity contribution in [1.29, 1.82) is 0 Å². The van der Waals surface area contributed by atoms with Gasteiger partial charge in [0.25, 0.3) is 0 Å². The molecule has 0 aliphatic carbocycles. The normalized spacial score (nSPS) is 18.4. The Hall–Kier alpha value is -0.870. The van der Waals surface area contributed by atoms with Crippen LogP contribution < -0.4 is 10.6 Å². The number of ether oxygens (including phenoxy) is 1. The maximum absolute atomic E-state index is 5.34. The van der Waals surface area contributed by atoms with Crippen LogP contribution in [-0.4, -0.2) is 62.5 Å². The lowest BCUT2D eigenvalue weighted by molar-refractivity contribution is 0.141. The molecule has 8 heteroatoms. The third-order valence-corrected chi connectivity index (χ3v) is 4.41. The zero-order valence-corrected chi connectivity index (χ0v) is 18.1. The minimum atomic E-state index is 0. The van der Waals surface area contributed by atoms with Crippen LogP contribution in [0.15, 0.2) is 15.6 Å². The summed E-state index contributed by atoms with van der Waals surface area (Å²) in [5.41, 5.74) is 0.981. The fourth-order valence-electron chi connectivity index (χ4n) is 2.92. The van der Waals surface area contributed by atoms with Crippen LogP contribution in [0, 0.1) is 0 Å². The Morgan fingerprint density at radius 3 is 2.92 bits per heavy atom. The van der Waals surface area contributed by atoms with E-state index in [0.717, 1.165) is 43.7 Å². The number of methoxy groups -OCH3 is 1. The molecule has 144 valence electrons. The summed E-state index contributed by atoms with van der Waals surface area (Å²) in [5.74, 6) is 1.99.